The zero-order chi connectivity index (χ0) is 14.8. The van der Waals surface area contributed by atoms with E-state index in [1.54, 1.807) is 6.07 Å². The van der Waals surface area contributed by atoms with Crippen molar-refractivity contribution in [1.82, 2.24) is 5.32 Å². The van der Waals surface area contributed by atoms with Crippen LogP contribution >= 0.6 is 0 Å². The lowest BCUT2D eigenvalue weighted by Gasteiger charge is -2.13. The van der Waals surface area contributed by atoms with Crippen LogP contribution in [-0.2, 0) is 0 Å². The molecule has 1 N–H and O–H groups in total. The van der Waals surface area contributed by atoms with Gasteiger partial charge >= 0.3 is 0 Å². The molecule has 3 aromatic rings. The standard InChI is InChI=1S/C19H18FN/c1-13(21-2)14-6-5-7-15(12-14)16-10-11-19(20)18-9-4-3-8-17(16)18/h3-13,21H,1-2H3. The Hall–Kier alpha value is -2.19. The summed E-state index contributed by atoms with van der Waals surface area (Å²) >= 11 is 0. The largest absolute Gasteiger partial charge is 0.313 e. The van der Waals surface area contributed by atoms with E-state index in [9.17, 15) is 4.39 Å². The fourth-order valence-corrected chi connectivity index (χ4v) is 2.66. The van der Waals surface area contributed by atoms with Gasteiger partial charge in [-0.2, -0.15) is 0 Å². The second-order valence-electron chi connectivity index (χ2n) is 5.28. The zero-order valence-corrected chi connectivity index (χ0v) is 12.2. The van der Waals surface area contributed by atoms with Crippen LogP contribution in [0.3, 0.4) is 0 Å². The molecule has 106 valence electrons. The van der Waals surface area contributed by atoms with Crippen LogP contribution < -0.4 is 5.32 Å². The minimum Gasteiger partial charge on any atom is -0.313 e. The number of nitrogens with one attached hydrogen (secondary N) is 1. The number of benzene rings is 3. The number of rotatable bonds is 3. The Morgan fingerprint density at radius 2 is 1.67 bits per heavy atom. The molecule has 0 fully saturated rings. The summed E-state index contributed by atoms with van der Waals surface area (Å²) in [4.78, 5) is 0. The Kier molecular flexibility index (Phi) is 3.72. The first-order valence-electron chi connectivity index (χ1n) is 7.15. The lowest BCUT2D eigenvalue weighted by Crippen LogP contribution is -2.12. The van der Waals surface area contributed by atoms with E-state index < -0.39 is 0 Å². The van der Waals surface area contributed by atoms with Gasteiger partial charge in [-0.15, -0.1) is 0 Å². The van der Waals surface area contributed by atoms with Crippen molar-refractivity contribution in [2.24, 2.45) is 0 Å². The Morgan fingerprint density at radius 1 is 0.905 bits per heavy atom. The summed E-state index contributed by atoms with van der Waals surface area (Å²) in [6.45, 7) is 2.13. The van der Waals surface area contributed by atoms with Crippen molar-refractivity contribution in [1.29, 1.82) is 0 Å². The zero-order valence-electron chi connectivity index (χ0n) is 12.2. The number of fused-ring (bicyclic) bond motifs is 1. The maximum Gasteiger partial charge on any atom is 0.131 e. The van der Waals surface area contributed by atoms with Gasteiger partial charge in [0.25, 0.3) is 0 Å². The van der Waals surface area contributed by atoms with Gasteiger partial charge in [0.2, 0.25) is 0 Å². The molecule has 0 saturated heterocycles. The van der Waals surface area contributed by atoms with Gasteiger partial charge in [-0.05, 0) is 48.2 Å². The molecular weight excluding hydrogens is 261 g/mol. The van der Waals surface area contributed by atoms with Crippen LogP contribution in [-0.4, -0.2) is 7.05 Å². The number of hydrogen-bond donors (Lipinski definition) is 1. The van der Waals surface area contributed by atoms with Crippen molar-refractivity contribution in [3.63, 3.8) is 0 Å². The lowest BCUT2D eigenvalue weighted by molar-refractivity contribution is 0.640. The molecule has 21 heavy (non-hydrogen) atoms. The Balaban J connectivity index is 2.19. The van der Waals surface area contributed by atoms with E-state index in [1.165, 1.54) is 5.56 Å². The van der Waals surface area contributed by atoms with Crippen LogP contribution in [0.2, 0.25) is 0 Å². The quantitative estimate of drug-likeness (QED) is 0.717. The third-order valence-electron chi connectivity index (χ3n) is 4.00. The molecule has 3 rings (SSSR count). The van der Waals surface area contributed by atoms with Gasteiger partial charge in [-0.25, -0.2) is 4.39 Å². The third-order valence-corrected chi connectivity index (χ3v) is 4.00. The highest BCUT2D eigenvalue weighted by molar-refractivity contribution is 5.97. The molecule has 0 amide bonds. The summed E-state index contributed by atoms with van der Waals surface area (Å²) in [5.41, 5.74) is 3.41. The summed E-state index contributed by atoms with van der Waals surface area (Å²) < 4.78 is 13.9. The molecule has 1 unspecified atom stereocenters. The lowest BCUT2D eigenvalue weighted by atomic mass is 9.95. The topological polar surface area (TPSA) is 12.0 Å². The van der Waals surface area contributed by atoms with Crippen LogP contribution in [0.5, 0.6) is 0 Å². The van der Waals surface area contributed by atoms with Crippen LogP contribution in [0.15, 0.2) is 60.7 Å². The van der Waals surface area contributed by atoms with Crippen LogP contribution in [0, 0.1) is 5.82 Å². The second kappa shape index (κ2) is 5.66. The van der Waals surface area contributed by atoms with Crippen molar-refractivity contribution in [3.05, 3.63) is 72.0 Å². The van der Waals surface area contributed by atoms with Crippen molar-refractivity contribution in [2.75, 3.05) is 7.05 Å². The first-order chi connectivity index (χ1) is 10.2. The summed E-state index contributed by atoms with van der Waals surface area (Å²) in [6.07, 6.45) is 0. The molecule has 0 radical (unpaired) electrons. The summed E-state index contributed by atoms with van der Waals surface area (Å²) in [7, 11) is 1.95. The van der Waals surface area contributed by atoms with E-state index in [-0.39, 0.29) is 11.9 Å². The van der Waals surface area contributed by atoms with E-state index in [2.05, 4.69) is 36.5 Å². The average molecular weight is 279 g/mol. The maximum absolute atomic E-state index is 13.9. The smallest absolute Gasteiger partial charge is 0.131 e. The van der Waals surface area contributed by atoms with Crippen LogP contribution in [0.1, 0.15) is 18.5 Å². The van der Waals surface area contributed by atoms with Gasteiger partial charge < -0.3 is 5.32 Å². The van der Waals surface area contributed by atoms with Crippen molar-refractivity contribution >= 4 is 10.8 Å². The summed E-state index contributed by atoms with van der Waals surface area (Å²) in [6, 6.07) is 19.7. The molecule has 1 atom stereocenters. The van der Waals surface area contributed by atoms with Gasteiger partial charge in [0, 0.05) is 11.4 Å². The van der Waals surface area contributed by atoms with E-state index in [0.717, 1.165) is 16.5 Å². The SMILES string of the molecule is CNC(C)c1cccc(-c2ccc(F)c3ccccc23)c1. The third kappa shape index (κ3) is 2.55. The second-order valence-corrected chi connectivity index (χ2v) is 5.28. The van der Waals surface area contributed by atoms with Crippen molar-refractivity contribution in [2.45, 2.75) is 13.0 Å². The molecule has 0 spiro atoms. The minimum atomic E-state index is -0.172. The molecule has 0 aliphatic carbocycles. The normalized spacial score (nSPS) is 12.5. The van der Waals surface area contributed by atoms with Crippen molar-refractivity contribution in [3.8, 4) is 11.1 Å². The van der Waals surface area contributed by atoms with E-state index in [1.807, 2.05) is 37.4 Å². The molecule has 0 bridgehead atoms. The monoisotopic (exact) mass is 279 g/mol. The average Bonchev–Trinajstić information content (AvgIpc) is 2.55. The van der Waals surface area contributed by atoms with Crippen molar-refractivity contribution < 1.29 is 4.39 Å². The molecular formula is C19H18FN. The molecule has 0 aliphatic rings. The molecule has 1 nitrogen and oxygen atoms in total. The van der Waals surface area contributed by atoms with E-state index in [0.29, 0.717) is 5.39 Å². The summed E-state index contributed by atoms with van der Waals surface area (Å²) in [5.74, 6) is -0.172. The summed E-state index contributed by atoms with van der Waals surface area (Å²) in [5, 5.41) is 4.87. The molecule has 0 aromatic heterocycles. The highest BCUT2D eigenvalue weighted by atomic mass is 19.1. The van der Waals surface area contributed by atoms with Gasteiger partial charge in [0.05, 0.1) is 0 Å². The van der Waals surface area contributed by atoms with Gasteiger partial charge in [0.1, 0.15) is 5.82 Å². The van der Waals surface area contributed by atoms with E-state index in [4.69, 9.17) is 0 Å². The predicted octanol–water partition coefficient (Wildman–Crippen LogP) is 4.93. The predicted molar refractivity (Wildman–Crippen MR) is 86.8 cm³/mol. The fraction of sp³-hybridized carbons (Fsp3) is 0.158. The van der Waals surface area contributed by atoms with Gasteiger partial charge in [0.15, 0.2) is 0 Å². The van der Waals surface area contributed by atoms with Gasteiger partial charge in [-0.1, -0.05) is 48.5 Å². The highest BCUT2D eigenvalue weighted by Gasteiger charge is 2.09. The Morgan fingerprint density at radius 3 is 2.43 bits per heavy atom. The fourth-order valence-electron chi connectivity index (χ4n) is 2.66. The highest BCUT2D eigenvalue weighted by Crippen LogP contribution is 2.31. The maximum atomic E-state index is 13.9. The molecule has 2 heteroatoms. The first kappa shape index (κ1) is 13.8. The molecule has 0 aliphatic heterocycles. The van der Waals surface area contributed by atoms with E-state index >= 15 is 0 Å². The minimum absolute atomic E-state index is 0.172. The van der Waals surface area contributed by atoms with Crippen LogP contribution in [0.25, 0.3) is 21.9 Å². The molecule has 0 saturated carbocycles. The molecule has 3 aromatic carbocycles. The Bertz CT molecular complexity index is 779. The number of hydrogen-bond acceptors (Lipinski definition) is 1. The van der Waals surface area contributed by atoms with Crippen LogP contribution in [0.4, 0.5) is 4.39 Å². The van der Waals surface area contributed by atoms with Gasteiger partial charge in [-0.3, -0.25) is 0 Å². The first-order valence-corrected chi connectivity index (χ1v) is 7.15. The Labute approximate surface area is 124 Å². The molecule has 0 heterocycles. The number of halogens is 1.